The Morgan fingerprint density at radius 1 is 1.12 bits per heavy atom. The van der Waals surface area contributed by atoms with E-state index in [1.54, 1.807) is 12.4 Å². The van der Waals surface area contributed by atoms with Crippen LogP contribution in [0.25, 0.3) is 0 Å². The van der Waals surface area contributed by atoms with E-state index in [9.17, 15) is 0 Å². The molecule has 3 rings (SSSR count). The summed E-state index contributed by atoms with van der Waals surface area (Å²) in [6.07, 6.45) is 5.30. The highest BCUT2D eigenvalue weighted by Gasteiger charge is 2.18. The van der Waals surface area contributed by atoms with Crippen molar-refractivity contribution in [3.63, 3.8) is 0 Å². The van der Waals surface area contributed by atoms with Crippen molar-refractivity contribution in [1.82, 2.24) is 20.2 Å². The van der Waals surface area contributed by atoms with Gasteiger partial charge in [-0.1, -0.05) is 12.1 Å². The third-order valence-electron chi connectivity index (χ3n) is 5.19. The fourth-order valence-electron chi connectivity index (χ4n) is 3.37. The van der Waals surface area contributed by atoms with Crippen molar-refractivity contribution < 1.29 is 0 Å². The molecular weight excluding hydrogens is 310 g/mol. The summed E-state index contributed by atoms with van der Waals surface area (Å²) >= 11 is 0. The molecule has 0 bridgehead atoms. The molecule has 2 heterocycles. The van der Waals surface area contributed by atoms with Gasteiger partial charge in [0.2, 0.25) is 0 Å². The van der Waals surface area contributed by atoms with Crippen molar-refractivity contribution in [3.8, 4) is 0 Å². The largest absolute Gasteiger partial charge is 0.369 e. The van der Waals surface area contributed by atoms with Gasteiger partial charge in [-0.15, -0.1) is 0 Å². The first-order valence-corrected chi connectivity index (χ1v) is 9.18. The maximum atomic E-state index is 4.36. The first kappa shape index (κ1) is 17.8. The predicted octanol–water partition coefficient (Wildman–Crippen LogP) is 2.57. The Hall–Kier alpha value is -1.98. The summed E-state index contributed by atoms with van der Waals surface area (Å²) in [7, 11) is 0. The van der Waals surface area contributed by atoms with Crippen LogP contribution in [0.2, 0.25) is 0 Å². The van der Waals surface area contributed by atoms with E-state index in [2.05, 4.69) is 64.1 Å². The number of nitrogens with zero attached hydrogens (tertiary/aromatic N) is 4. The van der Waals surface area contributed by atoms with Crippen LogP contribution >= 0.6 is 0 Å². The van der Waals surface area contributed by atoms with Crippen LogP contribution < -0.4 is 10.2 Å². The van der Waals surface area contributed by atoms with Gasteiger partial charge in [0.25, 0.3) is 0 Å². The molecule has 1 fully saturated rings. The van der Waals surface area contributed by atoms with Gasteiger partial charge in [-0.2, -0.15) is 0 Å². The number of aryl methyl sites for hydroxylation is 1. The molecule has 0 radical (unpaired) electrons. The molecule has 2 aromatic rings. The summed E-state index contributed by atoms with van der Waals surface area (Å²) < 4.78 is 0. The summed E-state index contributed by atoms with van der Waals surface area (Å²) in [5, 5.41) is 3.55. The molecule has 0 amide bonds. The van der Waals surface area contributed by atoms with Gasteiger partial charge < -0.3 is 10.2 Å². The third-order valence-corrected chi connectivity index (χ3v) is 5.19. The first-order valence-electron chi connectivity index (χ1n) is 9.18. The van der Waals surface area contributed by atoms with E-state index in [4.69, 9.17) is 0 Å². The highest BCUT2D eigenvalue weighted by molar-refractivity contribution is 5.56. The molecule has 0 spiro atoms. The normalized spacial score (nSPS) is 16.8. The number of nitrogens with one attached hydrogen (secondary N) is 1. The quantitative estimate of drug-likeness (QED) is 0.876. The number of hydrogen-bond acceptors (Lipinski definition) is 5. The van der Waals surface area contributed by atoms with E-state index >= 15 is 0 Å². The molecule has 5 nitrogen and oxygen atoms in total. The minimum atomic E-state index is 0.241. The summed E-state index contributed by atoms with van der Waals surface area (Å²) in [5.74, 6) is 0. The van der Waals surface area contributed by atoms with Crippen LogP contribution in [0.1, 0.15) is 29.8 Å². The van der Waals surface area contributed by atoms with E-state index in [1.165, 1.54) is 16.8 Å². The molecule has 0 saturated carbocycles. The summed E-state index contributed by atoms with van der Waals surface area (Å²) in [6, 6.07) is 6.85. The molecule has 1 aliphatic rings. The summed E-state index contributed by atoms with van der Waals surface area (Å²) in [5.41, 5.74) is 5.19. The fraction of sp³-hybridized carbons (Fsp3) is 0.500. The number of hydrogen-bond donors (Lipinski definition) is 1. The highest BCUT2D eigenvalue weighted by atomic mass is 15.3. The van der Waals surface area contributed by atoms with Crippen molar-refractivity contribution in [1.29, 1.82) is 0 Å². The monoisotopic (exact) mass is 339 g/mol. The van der Waals surface area contributed by atoms with Crippen LogP contribution in [0.15, 0.2) is 36.8 Å². The van der Waals surface area contributed by atoms with Crippen LogP contribution in [0.5, 0.6) is 0 Å². The van der Waals surface area contributed by atoms with E-state index in [0.717, 1.165) is 45.0 Å². The number of benzene rings is 1. The van der Waals surface area contributed by atoms with Gasteiger partial charge in [-0.25, -0.2) is 0 Å². The van der Waals surface area contributed by atoms with Crippen molar-refractivity contribution in [2.75, 3.05) is 44.2 Å². The van der Waals surface area contributed by atoms with Crippen LogP contribution in [0.4, 0.5) is 5.69 Å². The van der Waals surface area contributed by atoms with Gasteiger partial charge in [-0.05, 0) is 38.0 Å². The van der Waals surface area contributed by atoms with Gasteiger partial charge in [0.15, 0.2) is 0 Å². The van der Waals surface area contributed by atoms with Gasteiger partial charge in [0.05, 0.1) is 5.69 Å². The van der Waals surface area contributed by atoms with E-state index in [1.807, 2.05) is 6.20 Å². The van der Waals surface area contributed by atoms with E-state index < -0.39 is 0 Å². The maximum Gasteiger partial charge on any atom is 0.0753 e. The molecule has 1 aliphatic heterocycles. The van der Waals surface area contributed by atoms with Crippen LogP contribution in [-0.4, -0.2) is 54.1 Å². The molecule has 5 heteroatoms. The van der Waals surface area contributed by atoms with Gasteiger partial charge >= 0.3 is 0 Å². The molecule has 1 N–H and O–H groups in total. The smallest absolute Gasteiger partial charge is 0.0753 e. The van der Waals surface area contributed by atoms with E-state index in [-0.39, 0.29) is 6.04 Å². The lowest BCUT2D eigenvalue weighted by atomic mass is 10.1. The van der Waals surface area contributed by atoms with Crippen LogP contribution in [0.3, 0.4) is 0 Å². The SMILES string of the molecule is Cc1cccc(N2CCN(CCN[C@@H](C)c3cnccn3)CC2)c1C. The number of anilines is 1. The molecule has 1 atom stereocenters. The topological polar surface area (TPSA) is 44.3 Å². The second-order valence-electron chi connectivity index (χ2n) is 6.85. The molecule has 1 saturated heterocycles. The Balaban J connectivity index is 1.43. The van der Waals surface area contributed by atoms with E-state index in [0.29, 0.717) is 0 Å². The lowest BCUT2D eigenvalue weighted by Crippen LogP contribution is -2.48. The van der Waals surface area contributed by atoms with Crippen molar-refractivity contribution in [2.24, 2.45) is 0 Å². The maximum absolute atomic E-state index is 4.36. The zero-order valence-corrected chi connectivity index (χ0v) is 15.6. The zero-order chi connectivity index (χ0) is 17.6. The Kier molecular flexibility index (Phi) is 6.00. The Labute approximate surface area is 151 Å². The molecule has 25 heavy (non-hydrogen) atoms. The first-order chi connectivity index (χ1) is 12.1. The Morgan fingerprint density at radius 2 is 1.92 bits per heavy atom. The molecular formula is C20H29N5. The van der Waals surface area contributed by atoms with Crippen LogP contribution in [-0.2, 0) is 0 Å². The predicted molar refractivity (Wildman–Crippen MR) is 103 cm³/mol. The molecule has 1 aromatic heterocycles. The minimum Gasteiger partial charge on any atom is -0.369 e. The Morgan fingerprint density at radius 3 is 2.64 bits per heavy atom. The van der Waals surface area contributed by atoms with Crippen LogP contribution in [0, 0.1) is 13.8 Å². The van der Waals surface area contributed by atoms with Crippen molar-refractivity contribution in [2.45, 2.75) is 26.8 Å². The second kappa shape index (κ2) is 8.41. The molecule has 134 valence electrons. The lowest BCUT2D eigenvalue weighted by Gasteiger charge is -2.37. The molecule has 1 aromatic carbocycles. The lowest BCUT2D eigenvalue weighted by molar-refractivity contribution is 0.254. The van der Waals surface area contributed by atoms with Gasteiger partial charge in [-0.3, -0.25) is 14.9 Å². The average Bonchev–Trinajstić information content (AvgIpc) is 2.65. The minimum absolute atomic E-state index is 0.241. The third kappa shape index (κ3) is 4.55. The number of aromatic nitrogens is 2. The van der Waals surface area contributed by atoms with Gasteiger partial charge in [0.1, 0.15) is 0 Å². The summed E-state index contributed by atoms with van der Waals surface area (Å²) in [4.78, 5) is 13.6. The summed E-state index contributed by atoms with van der Waals surface area (Å²) in [6.45, 7) is 13.1. The zero-order valence-electron chi connectivity index (χ0n) is 15.6. The van der Waals surface area contributed by atoms with Crippen molar-refractivity contribution in [3.05, 3.63) is 53.6 Å². The number of piperazine rings is 1. The van der Waals surface area contributed by atoms with Gasteiger partial charge in [0, 0.05) is 69.6 Å². The standard InChI is InChI=1S/C20H29N5/c1-16-5-4-6-20(17(16)2)25-13-11-24(12-14-25)10-9-22-18(3)19-15-21-7-8-23-19/h4-8,15,18,22H,9-14H2,1-3H3/t18-/m0/s1. The fourth-order valence-corrected chi connectivity index (χ4v) is 3.37. The second-order valence-corrected chi connectivity index (χ2v) is 6.85. The average molecular weight is 339 g/mol. The Bertz CT molecular complexity index is 665. The van der Waals surface area contributed by atoms with Crippen molar-refractivity contribution >= 4 is 5.69 Å². The molecule has 0 unspecified atom stereocenters. The molecule has 0 aliphatic carbocycles. The number of rotatable bonds is 6. The highest BCUT2D eigenvalue weighted by Crippen LogP contribution is 2.23.